The predicted octanol–water partition coefficient (Wildman–Crippen LogP) is 3.94. The molecule has 0 bridgehead atoms. The molecule has 0 saturated carbocycles. The number of halogens is 1. The molecule has 2 aromatic carbocycles. The number of aliphatic hydroxyl groups is 1. The van der Waals surface area contributed by atoms with Gasteiger partial charge in [0.15, 0.2) is 6.23 Å². The summed E-state index contributed by atoms with van der Waals surface area (Å²) in [6, 6.07) is 20.1. The van der Waals surface area contributed by atoms with Gasteiger partial charge in [0, 0.05) is 37.9 Å². The van der Waals surface area contributed by atoms with Crippen LogP contribution in [0, 0.1) is 11.3 Å². The van der Waals surface area contributed by atoms with Gasteiger partial charge in [-0.05, 0) is 49.2 Å². The molecule has 3 rings (SSSR count). The standard InChI is InChI=1S/C23H27N3O2.ClH/c1-18(12-13-24)20-8-10-22(11-9-20)28-23(19(2)27)26-16-14-25(15-17-26)21-6-4-3-5-7-21;/h3-12,19,23,27H,14-17H2,1-2H3;1H/b18-12-;. The average molecular weight is 414 g/mol. The number of hydrogen-bond donors (Lipinski definition) is 1. The van der Waals surface area contributed by atoms with Gasteiger partial charge in [-0.3, -0.25) is 4.90 Å². The average Bonchev–Trinajstić information content (AvgIpc) is 2.73. The minimum Gasteiger partial charge on any atom is -0.472 e. The maximum atomic E-state index is 10.3. The summed E-state index contributed by atoms with van der Waals surface area (Å²) in [7, 11) is 0. The number of aliphatic hydroxyl groups excluding tert-OH is 1. The van der Waals surface area contributed by atoms with Crippen LogP contribution in [-0.2, 0) is 0 Å². The maximum Gasteiger partial charge on any atom is 0.178 e. The molecule has 2 atom stereocenters. The van der Waals surface area contributed by atoms with Crippen LogP contribution in [-0.4, -0.2) is 48.5 Å². The molecule has 2 unspecified atom stereocenters. The lowest BCUT2D eigenvalue weighted by atomic mass is 10.1. The Labute approximate surface area is 179 Å². The van der Waals surface area contributed by atoms with Crippen molar-refractivity contribution in [3.8, 4) is 11.8 Å². The summed E-state index contributed by atoms with van der Waals surface area (Å²) in [4.78, 5) is 4.55. The van der Waals surface area contributed by atoms with E-state index in [2.05, 4.69) is 34.1 Å². The summed E-state index contributed by atoms with van der Waals surface area (Å²) in [5.74, 6) is 0.713. The molecule has 0 aliphatic carbocycles. The number of nitriles is 1. The number of rotatable bonds is 6. The van der Waals surface area contributed by atoms with Crippen LogP contribution in [0.4, 0.5) is 5.69 Å². The van der Waals surface area contributed by atoms with Gasteiger partial charge in [0.25, 0.3) is 0 Å². The number of nitrogens with zero attached hydrogens (tertiary/aromatic N) is 3. The van der Waals surface area contributed by atoms with Gasteiger partial charge in [-0.15, -0.1) is 12.4 Å². The number of para-hydroxylation sites is 1. The first-order valence-electron chi connectivity index (χ1n) is 9.64. The summed E-state index contributed by atoms with van der Waals surface area (Å²) in [6.45, 7) is 7.12. The summed E-state index contributed by atoms with van der Waals surface area (Å²) in [5, 5.41) is 19.1. The third-order valence-electron chi connectivity index (χ3n) is 5.06. The highest BCUT2D eigenvalue weighted by atomic mass is 35.5. The Balaban J connectivity index is 0.00000300. The van der Waals surface area contributed by atoms with Gasteiger partial charge in [0.05, 0.1) is 6.07 Å². The molecule has 1 heterocycles. The van der Waals surface area contributed by atoms with Gasteiger partial charge in [0.1, 0.15) is 11.9 Å². The van der Waals surface area contributed by atoms with Crippen molar-refractivity contribution in [2.75, 3.05) is 31.1 Å². The molecule has 0 spiro atoms. The molecule has 1 N–H and O–H groups in total. The van der Waals surface area contributed by atoms with Crippen molar-refractivity contribution in [3.63, 3.8) is 0 Å². The van der Waals surface area contributed by atoms with E-state index in [0.717, 1.165) is 37.3 Å². The van der Waals surface area contributed by atoms with Crippen LogP contribution in [0.1, 0.15) is 19.4 Å². The number of ether oxygens (including phenoxy) is 1. The van der Waals surface area contributed by atoms with Crippen molar-refractivity contribution in [2.24, 2.45) is 0 Å². The number of benzene rings is 2. The van der Waals surface area contributed by atoms with Crippen LogP contribution in [0.15, 0.2) is 60.7 Å². The van der Waals surface area contributed by atoms with Crippen molar-refractivity contribution in [2.45, 2.75) is 26.2 Å². The molecule has 0 aromatic heterocycles. The zero-order valence-electron chi connectivity index (χ0n) is 16.9. The van der Waals surface area contributed by atoms with Gasteiger partial charge in [0.2, 0.25) is 0 Å². The fraction of sp³-hybridized carbons (Fsp3) is 0.348. The first-order valence-corrected chi connectivity index (χ1v) is 9.64. The minimum atomic E-state index is -0.608. The van der Waals surface area contributed by atoms with Crippen molar-refractivity contribution < 1.29 is 9.84 Å². The highest BCUT2D eigenvalue weighted by Gasteiger charge is 2.28. The van der Waals surface area contributed by atoms with Crippen LogP contribution < -0.4 is 9.64 Å². The number of allylic oxidation sites excluding steroid dienone is 2. The molecule has 0 radical (unpaired) electrons. The van der Waals surface area contributed by atoms with E-state index in [4.69, 9.17) is 10.00 Å². The monoisotopic (exact) mass is 413 g/mol. The van der Waals surface area contributed by atoms with E-state index in [1.165, 1.54) is 11.8 Å². The van der Waals surface area contributed by atoms with Crippen molar-refractivity contribution in [1.82, 2.24) is 4.90 Å². The normalized spacial score (nSPS) is 17.0. The van der Waals surface area contributed by atoms with Gasteiger partial charge in [-0.2, -0.15) is 5.26 Å². The SMILES string of the molecule is C/C(=C/C#N)c1ccc(OC(C(C)O)N2CCN(c3ccccc3)CC2)cc1.Cl. The van der Waals surface area contributed by atoms with Gasteiger partial charge >= 0.3 is 0 Å². The third-order valence-corrected chi connectivity index (χ3v) is 5.06. The first-order chi connectivity index (χ1) is 13.6. The van der Waals surface area contributed by atoms with Crippen LogP contribution in [0.5, 0.6) is 5.75 Å². The largest absolute Gasteiger partial charge is 0.472 e. The number of hydrogen-bond acceptors (Lipinski definition) is 5. The summed E-state index contributed by atoms with van der Waals surface area (Å²) >= 11 is 0. The van der Waals surface area contributed by atoms with Crippen LogP contribution >= 0.6 is 12.4 Å². The van der Waals surface area contributed by atoms with Crippen LogP contribution in [0.3, 0.4) is 0 Å². The van der Waals surface area contributed by atoms with E-state index in [9.17, 15) is 5.11 Å². The lowest BCUT2D eigenvalue weighted by molar-refractivity contribution is -0.0601. The quantitative estimate of drug-likeness (QED) is 0.727. The van der Waals surface area contributed by atoms with E-state index in [0.29, 0.717) is 5.75 Å². The molecule has 1 aliphatic heterocycles. The van der Waals surface area contributed by atoms with Gasteiger partial charge < -0.3 is 14.7 Å². The number of piperazine rings is 1. The smallest absolute Gasteiger partial charge is 0.178 e. The zero-order chi connectivity index (χ0) is 19.9. The minimum absolute atomic E-state index is 0. The molecular formula is C23H28ClN3O2. The third kappa shape index (κ3) is 5.98. The molecule has 29 heavy (non-hydrogen) atoms. The Morgan fingerprint density at radius 2 is 1.69 bits per heavy atom. The topological polar surface area (TPSA) is 59.7 Å². The molecule has 2 aromatic rings. The van der Waals surface area contributed by atoms with Crippen LogP contribution in [0.25, 0.3) is 5.57 Å². The lowest BCUT2D eigenvalue weighted by Crippen LogP contribution is -2.55. The van der Waals surface area contributed by atoms with Crippen molar-refractivity contribution >= 4 is 23.7 Å². The second kappa shape index (κ2) is 10.9. The van der Waals surface area contributed by atoms with Crippen molar-refractivity contribution in [1.29, 1.82) is 5.26 Å². The second-order valence-electron chi connectivity index (χ2n) is 7.09. The number of anilines is 1. The Morgan fingerprint density at radius 3 is 2.24 bits per heavy atom. The second-order valence-corrected chi connectivity index (χ2v) is 7.09. The fourth-order valence-corrected chi connectivity index (χ4v) is 3.47. The fourth-order valence-electron chi connectivity index (χ4n) is 3.47. The molecule has 1 aliphatic rings. The molecule has 154 valence electrons. The molecular weight excluding hydrogens is 386 g/mol. The van der Waals surface area contributed by atoms with E-state index in [1.807, 2.05) is 43.3 Å². The van der Waals surface area contributed by atoms with E-state index in [1.54, 1.807) is 6.92 Å². The zero-order valence-corrected chi connectivity index (χ0v) is 17.7. The Kier molecular flexibility index (Phi) is 8.53. The Hall–Kier alpha value is -2.52. The molecule has 5 nitrogen and oxygen atoms in total. The molecule has 6 heteroatoms. The maximum absolute atomic E-state index is 10.3. The van der Waals surface area contributed by atoms with Gasteiger partial charge in [-0.1, -0.05) is 30.3 Å². The highest BCUT2D eigenvalue weighted by Crippen LogP contribution is 2.22. The lowest BCUT2D eigenvalue weighted by Gasteiger charge is -2.40. The Morgan fingerprint density at radius 1 is 1.07 bits per heavy atom. The van der Waals surface area contributed by atoms with E-state index < -0.39 is 6.10 Å². The molecule has 0 amide bonds. The summed E-state index contributed by atoms with van der Waals surface area (Å²) in [5.41, 5.74) is 3.13. The highest BCUT2D eigenvalue weighted by molar-refractivity contribution is 5.85. The van der Waals surface area contributed by atoms with Gasteiger partial charge in [-0.25, -0.2) is 0 Å². The van der Waals surface area contributed by atoms with Crippen LogP contribution in [0.2, 0.25) is 0 Å². The van der Waals surface area contributed by atoms with Crippen molar-refractivity contribution in [3.05, 3.63) is 66.2 Å². The summed E-state index contributed by atoms with van der Waals surface area (Å²) in [6.07, 6.45) is 0.531. The Bertz CT molecular complexity index is 823. The molecule has 1 saturated heterocycles. The summed E-state index contributed by atoms with van der Waals surface area (Å²) < 4.78 is 6.12. The first kappa shape index (κ1) is 22.8. The molecule has 1 fully saturated rings. The van der Waals surface area contributed by atoms with E-state index >= 15 is 0 Å². The van der Waals surface area contributed by atoms with E-state index in [-0.39, 0.29) is 18.6 Å². The predicted molar refractivity (Wildman–Crippen MR) is 119 cm³/mol.